The van der Waals surface area contributed by atoms with Crippen molar-refractivity contribution in [1.82, 2.24) is 39.8 Å². The maximum absolute atomic E-state index is 13.0. The smallest absolute Gasteiger partial charge is 0.352 e. The van der Waals surface area contributed by atoms with Crippen LogP contribution in [0.2, 0.25) is 0 Å². The molecule has 1 saturated heterocycles. The Bertz CT molecular complexity index is 1330. The Labute approximate surface area is 225 Å². The first-order valence-electron chi connectivity index (χ1n) is 10.5. The summed E-state index contributed by atoms with van der Waals surface area (Å²) in [6.07, 6.45) is 0. The molecule has 0 bridgehead atoms. The van der Waals surface area contributed by atoms with Crippen molar-refractivity contribution in [2.75, 3.05) is 30.4 Å². The van der Waals surface area contributed by atoms with Gasteiger partial charge in [-0.05, 0) is 16.0 Å². The first kappa shape index (κ1) is 27.2. The Morgan fingerprint density at radius 1 is 1.32 bits per heavy atom. The molecule has 0 aliphatic carbocycles. The number of carboxylic acids is 2. The number of carbonyl (C=O) groups excluding carboxylic acids is 2. The van der Waals surface area contributed by atoms with Gasteiger partial charge in [0.2, 0.25) is 23.3 Å². The molecule has 0 saturated carbocycles. The summed E-state index contributed by atoms with van der Waals surface area (Å²) in [6.45, 7) is -0.131. The number of thioether (sulfide) groups is 2. The second kappa shape index (κ2) is 11.7. The molecule has 1 fully saturated rings. The Balaban J connectivity index is 1.48. The minimum Gasteiger partial charge on any atom is -0.479 e. The summed E-state index contributed by atoms with van der Waals surface area (Å²) in [6, 6.07) is -1.09. The first-order valence-corrected chi connectivity index (χ1v) is 13.3. The van der Waals surface area contributed by atoms with E-state index in [2.05, 4.69) is 40.2 Å². The van der Waals surface area contributed by atoms with Gasteiger partial charge in [-0.1, -0.05) is 16.9 Å². The van der Waals surface area contributed by atoms with Crippen molar-refractivity contribution in [2.24, 2.45) is 10.9 Å². The first-order chi connectivity index (χ1) is 18.2. The van der Waals surface area contributed by atoms with Gasteiger partial charge in [0.25, 0.3) is 11.8 Å². The van der Waals surface area contributed by atoms with Crippen molar-refractivity contribution in [3.8, 4) is 0 Å². The van der Waals surface area contributed by atoms with Gasteiger partial charge < -0.3 is 31.8 Å². The minimum atomic E-state index is -1.33. The van der Waals surface area contributed by atoms with E-state index in [0.717, 1.165) is 16.4 Å². The Hall–Kier alpha value is -3.82. The number of tetrazole rings is 1. The number of nitrogen functional groups attached to an aromatic ring is 1. The summed E-state index contributed by atoms with van der Waals surface area (Å²) >= 11 is 3.24. The number of aliphatic carboxylic acids is 2. The molecule has 0 aromatic carbocycles. The molecule has 4 rings (SSSR count). The number of oxime groups is 1. The molecule has 4 heterocycles. The lowest BCUT2D eigenvalue weighted by atomic mass is 10.0. The third-order valence-electron chi connectivity index (χ3n) is 4.96. The van der Waals surface area contributed by atoms with Crippen LogP contribution in [0.4, 0.5) is 5.13 Å². The zero-order chi connectivity index (χ0) is 27.4. The zero-order valence-electron chi connectivity index (χ0n) is 19.1. The maximum atomic E-state index is 13.0. The fourth-order valence-corrected chi connectivity index (χ4v) is 6.21. The summed E-state index contributed by atoms with van der Waals surface area (Å²) in [5.41, 5.74) is 10.9. The highest BCUT2D eigenvalue weighted by atomic mass is 32.2. The number of hydrogen-bond donors (Lipinski definition) is 5. The number of hydrogen-bond acceptors (Lipinski definition) is 16. The van der Waals surface area contributed by atoms with Crippen molar-refractivity contribution in [3.63, 3.8) is 0 Å². The molecule has 21 heteroatoms. The molecule has 18 nitrogen and oxygen atoms in total. The maximum Gasteiger partial charge on any atom is 0.352 e. The molecule has 7 N–H and O–H groups in total. The van der Waals surface area contributed by atoms with E-state index in [1.807, 2.05) is 0 Å². The average molecular weight is 586 g/mol. The molecule has 0 radical (unpaired) electrons. The number of aromatic nitrogens is 6. The number of β-lactam (4-membered cyclic amide) rings is 1. The van der Waals surface area contributed by atoms with Crippen molar-refractivity contribution < 1.29 is 34.2 Å². The predicted molar refractivity (Wildman–Crippen MR) is 132 cm³/mol. The van der Waals surface area contributed by atoms with Crippen LogP contribution in [0.5, 0.6) is 0 Å². The molecule has 2 amide bonds. The number of amides is 2. The van der Waals surface area contributed by atoms with Crippen LogP contribution in [-0.2, 0) is 30.6 Å². The van der Waals surface area contributed by atoms with E-state index < -0.39 is 47.5 Å². The molecule has 2 atom stereocenters. The van der Waals surface area contributed by atoms with Gasteiger partial charge in [-0.25, -0.2) is 14.3 Å². The van der Waals surface area contributed by atoms with Crippen LogP contribution in [0.15, 0.2) is 21.6 Å². The molecule has 38 heavy (non-hydrogen) atoms. The van der Waals surface area contributed by atoms with Gasteiger partial charge in [0.15, 0.2) is 5.13 Å². The number of nitrogens with two attached hydrogens (primary N) is 2. The average Bonchev–Trinajstić information content (AvgIpc) is 3.51. The van der Waals surface area contributed by atoms with E-state index >= 15 is 0 Å². The highest BCUT2D eigenvalue weighted by Gasteiger charge is 2.54. The van der Waals surface area contributed by atoms with Crippen molar-refractivity contribution in [1.29, 1.82) is 0 Å². The van der Waals surface area contributed by atoms with E-state index in [9.17, 15) is 24.3 Å². The van der Waals surface area contributed by atoms with Gasteiger partial charge in [-0.3, -0.25) is 14.5 Å². The molecule has 2 aliphatic rings. The topological polar surface area (TPSA) is 267 Å². The standard InChI is InChI=1S/C17H19N11O7S3/c18-1-2-27-17(22-25-26-27)37-5-6-4-36-14-9(13(32)28(14)10(6)15(33)34)20-12(31)8(23-35-3-7(29)30)11-21-16(19)38-24-11/h9,14H,1-5,18H2,(H,20,31)(H,29,30)(H,33,34)(H2,19,21,24)/b23-8+. The number of anilines is 1. The van der Waals surface area contributed by atoms with Crippen molar-refractivity contribution in [2.45, 2.75) is 23.1 Å². The van der Waals surface area contributed by atoms with E-state index in [1.54, 1.807) is 0 Å². The summed E-state index contributed by atoms with van der Waals surface area (Å²) in [5, 5.41) is 35.7. The minimum absolute atomic E-state index is 0.0196. The second-order valence-electron chi connectivity index (χ2n) is 7.44. The summed E-state index contributed by atoms with van der Waals surface area (Å²) < 4.78 is 5.36. The van der Waals surface area contributed by atoms with Gasteiger partial charge in [0.05, 0.1) is 6.54 Å². The van der Waals surface area contributed by atoms with Gasteiger partial charge in [-0.15, -0.1) is 16.9 Å². The molecular formula is C17H19N11O7S3. The number of nitrogens with zero attached hydrogens (tertiary/aromatic N) is 8. The number of nitrogens with one attached hydrogen (secondary N) is 1. The van der Waals surface area contributed by atoms with Crippen LogP contribution in [0.1, 0.15) is 5.82 Å². The van der Waals surface area contributed by atoms with Gasteiger partial charge in [0, 0.05) is 29.6 Å². The number of carbonyl (C=O) groups is 4. The van der Waals surface area contributed by atoms with E-state index in [1.165, 1.54) is 28.2 Å². The van der Waals surface area contributed by atoms with Crippen LogP contribution in [0, 0.1) is 0 Å². The molecule has 2 unspecified atom stereocenters. The van der Waals surface area contributed by atoms with Crippen LogP contribution in [0.3, 0.4) is 0 Å². The molecule has 2 aliphatic heterocycles. The van der Waals surface area contributed by atoms with Gasteiger partial charge in [-0.2, -0.15) is 9.36 Å². The van der Waals surface area contributed by atoms with Crippen LogP contribution < -0.4 is 16.8 Å². The van der Waals surface area contributed by atoms with Crippen LogP contribution in [0.25, 0.3) is 0 Å². The fraction of sp³-hybridized carbons (Fsp3) is 0.412. The normalized spacial score (nSPS) is 19.1. The monoisotopic (exact) mass is 585 g/mol. The Morgan fingerprint density at radius 2 is 2.11 bits per heavy atom. The SMILES string of the molecule is NCCn1nnnc1SCC1=C(C(=O)O)N2C(=O)C(NC(=O)/C(=N/OCC(=O)O)c3nsc(N)n3)C2SC1. The summed E-state index contributed by atoms with van der Waals surface area (Å²) in [7, 11) is 0. The third kappa shape index (κ3) is 5.69. The van der Waals surface area contributed by atoms with Gasteiger partial charge >= 0.3 is 11.9 Å². The lowest BCUT2D eigenvalue weighted by Gasteiger charge is -2.49. The van der Waals surface area contributed by atoms with Crippen LogP contribution in [-0.4, -0.2) is 110 Å². The zero-order valence-corrected chi connectivity index (χ0v) is 21.5. The Kier molecular flexibility index (Phi) is 8.38. The van der Waals surface area contributed by atoms with E-state index in [0.29, 0.717) is 23.8 Å². The highest BCUT2D eigenvalue weighted by molar-refractivity contribution is 8.01. The second-order valence-corrected chi connectivity index (χ2v) is 10.3. The lowest BCUT2D eigenvalue weighted by Crippen LogP contribution is -2.71. The lowest BCUT2D eigenvalue weighted by molar-refractivity contribution is -0.150. The molecule has 2 aromatic heterocycles. The van der Waals surface area contributed by atoms with Crippen LogP contribution >= 0.6 is 35.1 Å². The number of rotatable bonds is 12. The Morgan fingerprint density at radius 3 is 2.76 bits per heavy atom. The molecule has 202 valence electrons. The van der Waals surface area contributed by atoms with Crippen molar-refractivity contribution in [3.05, 3.63) is 17.1 Å². The van der Waals surface area contributed by atoms with Gasteiger partial charge in [0.1, 0.15) is 17.1 Å². The fourth-order valence-electron chi connectivity index (χ4n) is 3.39. The number of carboxylic acid groups (broad SMARTS) is 2. The third-order valence-corrected chi connectivity index (χ3v) is 7.89. The predicted octanol–water partition coefficient (Wildman–Crippen LogP) is -2.60. The van der Waals surface area contributed by atoms with E-state index in [4.69, 9.17) is 16.6 Å². The van der Waals surface area contributed by atoms with E-state index in [-0.39, 0.29) is 28.2 Å². The van der Waals surface area contributed by atoms with Crippen molar-refractivity contribution >= 4 is 69.7 Å². The molecule has 2 aromatic rings. The quantitative estimate of drug-likeness (QED) is 0.0739. The summed E-state index contributed by atoms with van der Waals surface area (Å²) in [5.74, 6) is -3.96. The summed E-state index contributed by atoms with van der Waals surface area (Å²) in [4.78, 5) is 58.3. The number of fused-ring (bicyclic) bond motifs is 1. The highest BCUT2D eigenvalue weighted by Crippen LogP contribution is 2.41. The molecular weight excluding hydrogens is 566 g/mol. The largest absolute Gasteiger partial charge is 0.479 e. The molecule has 0 spiro atoms.